The third kappa shape index (κ3) is 5.20. The van der Waals surface area contributed by atoms with Gasteiger partial charge in [0.25, 0.3) is 0 Å². The Bertz CT molecular complexity index is 333. The fraction of sp³-hybridized carbons (Fsp3) is 0.667. The highest BCUT2D eigenvalue weighted by Crippen LogP contribution is 2.29. The molecular formula is C15H24BrN. The van der Waals surface area contributed by atoms with Gasteiger partial charge in [0.2, 0.25) is 0 Å². The van der Waals surface area contributed by atoms with Gasteiger partial charge in [0.05, 0.1) is 0 Å². The first-order valence-electron chi connectivity index (χ1n) is 6.68. The van der Waals surface area contributed by atoms with Crippen LogP contribution in [0.3, 0.4) is 0 Å². The van der Waals surface area contributed by atoms with E-state index in [1.165, 1.54) is 44.2 Å². The van der Waals surface area contributed by atoms with Gasteiger partial charge in [0, 0.05) is 21.8 Å². The lowest BCUT2D eigenvalue weighted by Crippen LogP contribution is -2.18. The molecule has 1 heterocycles. The van der Waals surface area contributed by atoms with Gasteiger partial charge < -0.3 is 0 Å². The molecule has 0 saturated carbocycles. The molecule has 0 fully saturated rings. The van der Waals surface area contributed by atoms with Crippen LogP contribution in [0.1, 0.15) is 65.0 Å². The fourth-order valence-electron chi connectivity index (χ4n) is 2.07. The van der Waals surface area contributed by atoms with Crippen LogP contribution in [0.4, 0.5) is 0 Å². The molecule has 0 atom stereocenters. The lowest BCUT2D eigenvalue weighted by molar-refractivity contribution is 0.433. The van der Waals surface area contributed by atoms with Crippen molar-refractivity contribution in [2.75, 3.05) is 0 Å². The minimum absolute atomic E-state index is 0.190. The summed E-state index contributed by atoms with van der Waals surface area (Å²) in [7, 11) is 0. The van der Waals surface area contributed by atoms with Crippen LogP contribution in [-0.2, 0) is 5.41 Å². The molecule has 0 amide bonds. The number of hydrogen-bond donors (Lipinski definition) is 0. The van der Waals surface area contributed by atoms with E-state index < -0.39 is 0 Å². The highest BCUT2D eigenvalue weighted by molar-refractivity contribution is 9.10. The van der Waals surface area contributed by atoms with E-state index in [1.807, 2.05) is 12.3 Å². The molecule has 0 aromatic carbocycles. The van der Waals surface area contributed by atoms with Crippen molar-refractivity contribution in [3.05, 3.63) is 28.5 Å². The second kappa shape index (κ2) is 7.15. The molecule has 0 unspecified atom stereocenters. The van der Waals surface area contributed by atoms with Gasteiger partial charge in [0.15, 0.2) is 0 Å². The summed E-state index contributed by atoms with van der Waals surface area (Å²) in [5.74, 6) is 0. The predicted molar refractivity (Wildman–Crippen MR) is 78.3 cm³/mol. The van der Waals surface area contributed by atoms with Crippen molar-refractivity contribution < 1.29 is 0 Å². The van der Waals surface area contributed by atoms with Gasteiger partial charge in [-0.2, -0.15) is 0 Å². The zero-order valence-corrected chi connectivity index (χ0v) is 12.9. The smallest absolute Gasteiger partial charge is 0.0471 e. The van der Waals surface area contributed by atoms with Crippen LogP contribution in [0.2, 0.25) is 0 Å². The average molecular weight is 298 g/mol. The van der Waals surface area contributed by atoms with Gasteiger partial charge in [-0.15, -0.1) is 0 Å². The Hall–Kier alpha value is -0.370. The second-order valence-corrected chi connectivity index (χ2v) is 6.32. The number of nitrogens with zero attached hydrogens (tertiary/aromatic N) is 1. The van der Waals surface area contributed by atoms with Crippen molar-refractivity contribution in [2.24, 2.45) is 0 Å². The first-order chi connectivity index (χ1) is 8.06. The largest absolute Gasteiger partial charge is 0.261 e. The van der Waals surface area contributed by atoms with E-state index in [0.717, 1.165) is 4.47 Å². The zero-order valence-electron chi connectivity index (χ0n) is 11.3. The second-order valence-electron chi connectivity index (χ2n) is 5.41. The molecule has 0 radical (unpaired) electrons. The molecule has 1 rings (SSSR count). The molecule has 0 aliphatic rings. The number of pyridine rings is 1. The molecule has 1 nitrogen and oxygen atoms in total. The maximum atomic E-state index is 4.50. The quantitative estimate of drug-likeness (QED) is 0.607. The van der Waals surface area contributed by atoms with Gasteiger partial charge in [-0.05, 0) is 18.6 Å². The summed E-state index contributed by atoms with van der Waals surface area (Å²) in [6.45, 7) is 6.85. The summed E-state index contributed by atoms with van der Waals surface area (Å²) in [5, 5.41) is 0. The number of unbranched alkanes of at least 4 members (excludes halogenated alkanes) is 4. The van der Waals surface area contributed by atoms with Gasteiger partial charge in [-0.3, -0.25) is 4.98 Å². The van der Waals surface area contributed by atoms with Crippen LogP contribution in [-0.4, -0.2) is 4.98 Å². The molecule has 1 aromatic rings. The first kappa shape index (κ1) is 14.7. The van der Waals surface area contributed by atoms with E-state index >= 15 is 0 Å². The summed E-state index contributed by atoms with van der Waals surface area (Å²) in [6.07, 6.45) is 9.83. The van der Waals surface area contributed by atoms with Crippen LogP contribution in [0.15, 0.2) is 22.8 Å². The monoisotopic (exact) mass is 297 g/mol. The molecule has 0 saturated heterocycles. The standard InChI is InChI=1S/C15H24BrN/c1-4-5-6-7-8-10-15(2,3)14-12-13(16)9-11-17-14/h9,11-12H,4-8,10H2,1-3H3. The highest BCUT2D eigenvalue weighted by Gasteiger charge is 2.21. The van der Waals surface area contributed by atoms with Crippen molar-refractivity contribution in [2.45, 2.75) is 64.7 Å². The minimum atomic E-state index is 0.190. The summed E-state index contributed by atoms with van der Waals surface area (Å²) < 4.78 is 1.13. The van der Waals surface area contributed by atoms with Crippen LogP contribution >= 0.6 is 15.9 Å². The zero-order chi connectivity index (χ0) is 12.7. The first-order valence-corrected chi connectivity index (χ1v) is 7.47. The molecule has 2 heteroatoms. The summed E-state index contributed by atoms with van der Waals surface area (Å²) in [5.41, 5.74) is 1.39. The third-order valence-electron chi connectivity index (χ3n) is 3.32. The van der Waals surface area contributed by atoms with E-state index in [4.69, 9.17) is 0 Å². The Labute approximate surface area is 114 Å². The van der Waals surface area contributed by atoms with E-state index in [1.54, 1.807) is 0 Å². The molecule has 0 bridgehead atoms. The summed E-state index contributed by atoms with van der Waals surface area (Å²) in [4.78, 5) is 4.50. The molecule has 96 valence electrons. The van der Waals surface area contributed by atoms with E-state index in [2.05, 4.69) is 47.8 Å². The Kier molecular flexibility index (Phi) is 6.18. The fourth-order valence-corrected chi connectivity index (χ4v) is 2.41. The molecule has 17 heavy (non-hydrogen) atoms. The molecule has 0 spiro atoms. The van der Waals surface area contributed by atoms with Gasteiger partial charge in [-0.25, -0.2) is 0 Å². The topological polar surface area (TPSA) is 12.9 Å². The third-order valence-corrected chi connectivity index (χ3v) is 3.81. The SMILES string of the molecule is CCCCCCCC(C)(C)c1cc(Br)ccn1. The number of aromatic nitrogens is 1. The lowest BCUT2D eigenvalue weighted by Gasteiger charge is -2.24. The summed E-state index contributed by atoms with van der Waals surface area (Å²) >= 11 is 3.52. The van der Waals surface area contributed by atoms with Crippen LogP contribution in [0, 0.1) is 0 Å². The molecule has 0 aliphatic carbocycles. The highest BCUT2D eigenvalue weighted by atomic mass is 79.9. The average Bonchev–Trinajstić information content (AvgIpc) is 2.29. The van der Waals surface area contributed by atoms with Crippen molar-refractivity contribution in [1.29, 1.82) is 0 Å². The van der Waals surface area contributed by atoms with E-state index in [-0.39, 0.29) is 5.41 Å². The Morgan fingerprint density at radius 1 is 1.18 bits per heavy atom. The molecule has 0 aliphatic heterocycles. The Balaban J connectivity index is 2.45. The van der Waals surface area contributed by atoms with E-state index in [0.29, 0.717) is 0 Å². The van der Waals surface area contributed by atoms with Crippen LogP contribution in [0.5, 0.6) is 0 Å². The number of rotatable bonds is 7. The van der Waals surface area contributed by atoms with Gasteiger partial charge in [0.1, 0.15) is 0 Å². The maximum Gasteiger partial charge on any atom is 0.0471 e. The Morgan fingerprint density at radius 3 is 2.53 bits per heavy atom. The van der Waals surface area contributed by atoms with Gasteiger partial charge in [-0.1, -0.05) is 68.8 Å². The Morgan fingerprint density at radius 2 is 1.88 bits per heavy atom. The maximum absolute atomic E-state index is 4.50. The molecule has 0 N–H and O–H groups in total. The predicted octanol–water partition coefficient (Wildman–Crippen LogP) is 5.48. The van der Waals surface area contributed by atoms with Crippen molar-refractivity contribution in [3.63, 3.8) is 0 Å². The van der Waals surface area contributed by atoms with E-state index in [9.17, 15) is 0 Å². The van der Waals surface area contributed by atoms with Gasteiger partial charge >= 0.3 is 0 Å². The van der Waals surface area contributed by atoms with Crippen LogP contribution in [0.25, 0.3) is 0 Å². The summed E-state index contributed by atoms with van der Waals surface area (Å²) in [6, 6.07) is 4.13. The van der Waals surface area contributed by atoms with Crippen LogP contribution < -0.4 is 0 Å². The number of hydrogen-bond acceptors (Lipinski definition) is 1. The van der Waals surface area contributed by atoms with Crippen molar-refractivity contribution in [3.8, 4) is 0 Å². The number of halogens is 1. The van der Waals surface area contributed by atoms with Crippen molar-refractivity contribution >= 4 is 15.9 Å². The minimum Gasteiger partial charge on any atom is -0.261 e. The van der Waals surface area contributed by atoms with Crippen molar-refractivity contribution in [1.82, 2.24) is 4.98 Å². The lowest BCUT2D eigenvalue weighted by atomic mass is 9.83. The normalized spacial score (nSPS) is 11.8. The molecular weight excluding hydrogens is 274 g/mol. The molecule has 1 aromatic heterocycles.